The number of carbonyl (C=O) groups is 1. The molecule has 7 nitrogen and oxygen atoms in total. The average Bonchev–Trinajstić information content (AvgIpc) is 3.75. The van der Waals surface area contributed by atoms with Crippen LogP contribution < -0.4 is 10.2 Å². The first-order valence-corrected chi connectivity index (χ1v) is 16.6. The maximum Gasteiger partial charge on any atom is 0.266 e. The summed E-state index contributed by atoms with van der Waals surface area (Å²) in [7, 11) is 0. The van der Waals surface area contributed by atoms with Crippen LogP contribution in [0.25, 0.3) is 10.9 Å². The third-order valence-electron chi connectivity index (χ3n) is 9.59. The molecule has 1 N–H and O–H groups in total. The van der Waals surface area contributed by atoms with Crippen LogP contribution >= 0.6 is 0 Å². The largest absolute Gasteiger partial charge is 0.378 e. The summed E-state index contributed by atoms with van der Waals surface area (Å²) in [6, 6.07) is 46.1. The lowest BCUT2D eigenvalue weighted by Gasteiger charge is -2.37. The van der Waals surface area contributed by atoms with Crippen molar-refractivity contribution >= 4 is 34.0 Å². The molecule has 0 spiro atoms. The fraction of sp³-hybridized carbons (Fsp3) is 0.195. The number of hydrogen-bond donors (Lipinski definition) is 1. The third-order valence-corrected chi connectivity index (χ3v) is 9.59. The van der Waals surface area contributed by atoms with Gasteiger partial charge in [-0.05, 0) is 46.9 Å². The molecule has 6 aromatic rings. The number of rotatable bonds is 8. The van der Waals surface area contributed by atoms with Crippen LogP contribution in [0.4, 0.5) is 11.5 Å². The minimum absolute atomic E-state index is 0.131. The van der Waals surface area contributed by atoms with Crippen LogP contribution in [-0.2, 0) is 21.5 Å². The number of nitrogens with zero attached hydrogens (tertiary/aromatic N) is 4. The van der Waals surface area contributed by atoms with Gasteiger partial charge in [0.2, 0.25) is 0 Å². The first kappa shape index (κ1) is 29.8. The molecule has 1 atom stereocenters. The van der Waals surface area contributed by atoms with Crippen molar-refractivity contribution in [1.82, 2.24) is 15.1 Å². The van der Waals surface area contributed by atoms with Gasteiger partial charge in [-0.2, -0.15) is 5.10 Å². The zero-order valence-electron chi connectivity index (χ0n) is 26.9. The third kappa shape index (κ3) is 5.17. The van der Waals surface area contributed by atoms with Gasteiger partial charge in [0.15, 0.2) is 5.82 Å². The van der Waals surface area contributed by atoms with E-state index in [0.29, 0.717) is 25.3 Å². The Bertz CT molecular complexity index is 1990. The maximum atomic E-state index is 13.5. The van der Waals surface area contributed by atoms with Crippen molar-refractivity contribution in [2.75, 3.05) is 31.2 Å². The molecule has 0 saturated carbocycles. The standard InChI is InChI=1S/C41H37N5O2/c1-29(30-14-6-2-7-15-30)42-40(47)37-26-31-27-38-35(28-36(31)43-37)39(45-22-24-48-25-23-45)44-46(38)41(32-16-8-3-9-17-32,33-18-10-4-11-19-33)34-20-12-5-13-21-34/h2-21,27-29H,22-26H2,1H3,(H,42,47)/t29-/m1/s1. The summed E-state index contributed by atoms with van der Waals surface area (Å²) in [4.78, 5) is 20.8. The van der Waals surface area contributed by atoms with Gasteiger partial charge in [0, 0.05) is 24.9 Å². The molecule has 7 heteroatoms. The van der Waals surface area contributed by atoms with E-state index in [-0.39, 0.29) is 11.9 Å². The number of carbonyl (C=O) groups excluding carboxylic acids is 1. The summed E-state index contributed by atoms with van der Waals surface area (Å²) in [5.41, 5.74) is 6.92. The van der Waals surface area contributed by atoms with Crippen LogP contribution in [0.2, 0.25) is 0 Å². The van der Waals surface area contributed by atoms with Crippen LogP contribution in [0.1, 0.15) is 40.8 Å². The minimum atomic E-state index is -0.786. The highest BCUT2D eigenvalue weighted by Crippen LogP contribution is 2.45. The maximum absolute atomic E-state index is 13.5. The molecular formula is C41H37N5O2. The van der Waals surface area contributed by atoms with Gasteiger partial charge in [-0.3, -0.25) is 4.79 Å². The van der Waals surface area contributed by atoms with Crippen LogP contribution in [0.15, 0.2) is 138 Å². The Balaban J connectivity index is 1.31. The highest BCUT2D eigenvalue weighted by molar-refractivity contribution is 6.41. The second kappa shape index (κ2) is 12.6. The molecule has 1 amide bonds. The van der Waals surface area contributed by atoms with Crippen LogP contribution in [0.5, 0.6) is 0 Å². The van der Waals surface area contributed by atoms with Gasteiger partial charge in [0.05, 0.1) is 30.5 Å². The van der Waals surface area contributed by atoms with E-state index in [9.17, 15) is 4.79 Å². The quantitative estimate of drug-likeness (QED) is 0.180. The van der Waals surface area contributed by atoms with E-state index in [1.807, 2.05) is 37.3 Å². The monoisotopic (exact) mass is 631 g/mol. The number of nitrogens with one attached hydrogen (secondary N) is 1. The molecular weight excluding hydrogens is 594 g/mol. The Kier molecular flexibility index (Phi) is 7.82. The summed E-state index contributed by atoms with van der Waals surface area (Å²) >= 11 is 0. The summed E-state index contributed by atoms with van der Waals surface area (Å²) in [5.74, 6) is 0.753. The fourth-order valence-electron chi connectivity index (χ4n) is 7.19. The lowest BCUT2D eigenvalue weighted by molar-refractivity contribution is -0.115. The highest BCUT2D eigenvalue weighted by atomic mass is 16.5. The Morgan fingerprint density at radius 1 is 0.771 bits per heavy atom. The van der Waals surface area contributed by atoms with Crippen molar-refractivity contribution in [3.05, 3.63) is 161 Å². The number of anilines is 1. The van der Waals surface area contributed by atoms with E-state index in [1.165, 1.54) is 0 Å². The molecule has 1 fully saturated rings. The van der Waals surface area contributed by atoms with Crippen molar-refractivity contribution in [3.63, 3.8) is 0 Å². The molecule has 0 aliphatic carbocycles. The molecule has 3 heterocycles. The van der Waals surface area contributed by atoms with E-state index in [2.05, 4.69) is 118 Å². The lowest BCUT2D eigenvalue weighted by Crippen LogP contribution is -2.40. The van der Waals surface area contributed by atoms with Gasteiger partial charge >= 0.3 is 0 Å². The molecule has 8 rings (SSSR count). The summed E-state index contributed by atoms with van der Waals surface area (Å²) in [6.45, 7) is 4.77. The molecule has 2 aliphatic rings. The van der Waals surface area contributed by atoms with E-state index < -0.39 is 5.54 Å². The number of hydrogen-bond acceptors (Lipinski definition) is 5. The molecule has 2 aliphatic heterocycles. The second-order valence-corrected chi connectivity index (χ2v) is 12.5. The number of ether oxygens (including phenoxy) is 1. The predicted octanol–water partition coefficient (Wildman–Crippen LogP) is 7.22. The van der Waals surface area contributed by atoms with Gasteiger partial charge in [-0.1, -0.05) is 121 Å². The zero-order chi connectivity index (χ0) is 32.5. The van der Waals surface area contributed by atoms with Gasteiger partial charge in [-0.25, -0.2) is 9.67 Å². The van der Waals surface area contributed by atoms with Crippen molar-refractivity contribution in [3.8, 4) is 0 Å². The number of amides is 1. The average molecular weight is 632 g/mol. The number of morpholine rings is 1. The molecule has 0 bridgehead atoms. The Morgan fingerprint density at radius 3 is 1.88 bits per heavy atom. The fourth-order valence-corrected chi connectivity index (χ4v) is 7.19. The minimum Gasteiger partial charge on any atom is -0.378 e. The molecule has 5 aromatic carbocycles. The van der Waals surface area contributed by atoms with Crippen LogP contribution in [0.3, 0.4) is 0 Å². The van der Waals surface area contributed by atoms with Gasteiger partial charge in [0.25, 0.3) is 5.91 Å². The SMILES string of the molecule is C[C@@H](NC(=O)C1=Nc2cc3c(N4CCOCC4)nn(C(c4ccccc4)(c4ccccc4)c4ccccc4)c3cc2C1)c1ccccc1. The Hall–Kier alpha value is -5.53. The number of aliphatic imine (C=N–C) groups is 1. The van der Waals surface area contributed by atoms with E-state index in [1.54, 1.807) is 0 Å². The number of aromatic nitrogens is 2. The zero-order valence-corrected chi connectivity index (χ0v) is 26.9. The normalized spacial score (nSPS) is 15.2. The van der Waals surface area contributed by atoms with Gasteiger partial charge < -0.3 is 15.0 Å². The van der Waals surface area contributed by atoms with Crippen molar-refractivity contribution in [2.24, 2.45) is 4.99 Å². The number of fused-ring (bicyclic) bond motifs is 2. The predicted molar refractivity (Wildman–Crippen MR) is 191 cm³/mol. The van der Waals surface area contributed by atoms with Crippen LogP contribution in [0, 0.1) is 0 Å². The van der Waals surface area contributed by atoms with Gasteiger partial charge in [-0.15, -0.1) is 0 Å². The first-order valence-electron chi connectivity index (χ1n) is 16.6. The molecule has 1 saturated heterocycles. The van der Waals surface area contributed by atoms with Crippen LogP contribution in [-0.4, -0.2) is 47.7 Å². The molecule has 238 valence electrons. The molecule has 0 radical (unpaired) electrons. The summed E-state index contributed by atoms with van der Waals surface area (Å²) in [5, 5.41) is 9.71. The molecule has 0 unspecified atom stereocenters. The van der Waals surface area contributed by atoms with Gasteiger partial charge in [0.1, 0.15) is 11.3 Å². The molecule has 48 heavy (non-hydrogen) atoms. The highest BCUT2D eigenvalue weighted by Gasteiger charge is 2.42. The lowest BCUT2D eigenvalue weighted by atomic mass is 9.77. The summed E-state index contributed by atoms with van der Waals surface area (Å²) < 4.78 is 7.96. The smallest absolute Gasteiger partial charge is 0.266 e. The Morgan fingerprint density at radius 2 is 1.31 bits per heavy atom. The molecule has 1 aromatic heterocycles. The Labute approximate surface area is 280 Å². The number of benzene rings is 5. The van der Waals surface area contributed by atoms with Crippen molar-refractivity contribution in [2.45, 2.75) is 24.9 Å². The van der Waals surface area contributed by atoms with E-state index >= 15 is 0 Å². The summed E-state index contributed by atoms with van der Waals surface area (Å²) in [6.07, 6.45) is 0.450. The first-order chi connectivity index (χ1) is 23.6. The van der Waals surface area contributed by atoms with E-state index in [4.69, 9.17) is 14.8 Å². The topological polar surface area (TPSA) is 71.8 Å². The van der Waals surface area contributed by atoms with Crippen molar-refractivity contribution in [1.29, 1.82) is 0 Å². The van der Waals surface area contributed by atoms with E-state index in [0.717, 1.165) is 63.3 Å². The second-order valence-electron chi connectivity index (χ2n) is 12.5. The van der Waals surface area contributed by atoms with Crippen molar-refractivity contribution < 1.29 is 9.53 Å².